The summed E-state index contributed by atoms with van der Waals surface area (Å²) in [6.07, 6.45) is 4.19. The fourth-order valence-corrected chi connectivity index (χ4v) is 2.50. The molecule has 0 radical (unpaired) electrons. The summed E-state index contributed by atoms with van der Waals surface area (Å²) in [5.41, 5.74) is 2.81. The maximum atomic E-state index is 12.1. The number of hydrogen-bond donors (Lipinski definition) is 1. The molecule has 1 aliphatic heterocycles. The molecule has 1 aromatic heterocycles. The average Bonchev–Trinajstić information content (AvgIpc) is 2.87. The second-order valence-electron chi connectivity index (χ2n) is 4.84. The van der Waals surface area contributed by atoms with E-state index in [1.54, 1.807) is 13.3 Å². The Morgan fingerprint density at radius 2 is 2.33 bits per heavy atom. The average molecular weight is 248 g/mol. The summed E-state index contributed by atoms with van der Waals surface area (Å²) < 4.78 is 5.36. The Bertz CT molecular complexity index is 451. The molecule has 1 aliphatic rings. The fraction of sp³-hybridized carbons (Fsp3) is 0.571. The van der Waals surface area contributed by atoms with Crippen molar-refractivity contribution in [3.05, 3.63) is 23.0 Å². The van der Waals surface area contributed by atoms with Gasteiger partial charge in [-0.15, -0.1) is 0 Å². The van der Waals surface area contributed by atoms with Gasteiger partial charge in [0.05, 0.1) is 25.3 Å². The number of carbonyl (C=O) groups excluding carboxylic acids is 1. The molecule has 4 nitrogen and oxygen atoms in total. The van der Waals surface area contributed by atoms with E-state index in [9.17, 15) is 4.79 Å². The van der Waals surface area contributed by atoms with Crippen LogP contribution in [-0.2, 0) is 11.2 Å². The van der Waals surface area contributed by atoms with Gasteiger partial charge in [0, 0.05) is 17.3 Å². The maximum Gasteiger partial charge on any atom is 0.155 e. The highest BCUT2D eigenvalue weighted by Gasteiger charge is 2.23. The van der Waals surface area contributed by atoms with E-state index < -0.39 is 0 Å². The van der Waals surface area contributed by atoms with Crippen LogP contribution in [-0.4, -0.2) is 30.5 Å². The van der Waals surface area contributed by atoms with Crippen LogP contribution in [0.3, 0.4) is 0 Å². The third-order valence-corrected chi connectivity index (χ3v) is 3.54. The van der Waals surface area contributed by atoms with Crippen LogP contribution in [0.25, 0.3) is 0 Å². The fourth-order valence-electron chi connectivity index (χ4n) is 2.50. The second kappa shape index (κ2) is 5.48. The summed E-state index contributed by atoms with van der Waals surface area (Å²) in [5.74, 6) is 1.07. The number of nitrogens with zero attached hydrogens (tertiary/aromatic N) is 1. The zero-order chi connectivity index (χ0) is 13.1. The number of ketones is 1. The van der Waals surface area contributed by atoms with Crippen molar-refractivity contribution < 1.29 is 9.53 Å². The molecular weight excluding hydrogens is 228 g/mol. The lowest BCUT2D eigenvalue weighted by Crippen LogP contribution is -2.32. The van der Waals surface area contributed by atoms with Crippen LogP contribution in [0.2, 0.25) is 0 Å². The Hall–Kier alpha value is -1.42. The summed E-state index contributed by atoms with van der Waals surface area (Å²) in [4.78, 5) is 16.5. The van der Waals surface area contributed by atoms with E-state index in [0.717, 1.165) is 42.0 Å². The number of nitrogens with one attached hydrogen (secondary N) is 1. The molecule has 0 bridgehead atoms. The SMILES string of the molecule is COc1c(C)cnc(CC(=O)C2CCCN2)c1C. The molecule has 1 N–H and O–H groups in total. The topological polar surface area (TPSA) is 51.2 Å². The number of Topliss-reactive ketones (excluding diaryl/α,β-unsaturated/α-hetero) is 1. The summed E-state index contributed by atoms with van der Waals surface area (Å²) in [5, 5.41) is 3.23. The van der Waals surface area contributed by atoms with Crippen LogP contribution in [0, 0.1) is 13.8 Å². The van der Waals surface area contributed by atoms with Gasteiger partial charge in [0.25, 0.3) is 0 Å². The molecule has 4 heteroatoms. The lowest BCUT2D eigenvalue weighted by atomic mass is 10.0. The minimum Gasteiger partial charge on any atom is -0.496 e. The molecular formula is C14H20N2O2. The van der Waals surface area contributed by atoms with Gasteiger partial charge in [-0.3, -0.25) is 9.78 Å². The van der Waals surface area contributed by atoms with Gasteiger partial charge in [-0.25, -0.2) is 0 Å². The van der Waals surface area contributed by atoms with Gasteiger partial charge in [-0.1, -0.05) is 0 Å². The standard InChI is InChI=1S/C14H20N2O2/c1-9-8-16-12(10(2)14(9)18-3)7-13(17)11-5-4-6-15-11/h8,11,15H,4-7H2,1-3H3. The molecule has 1 atom stereocenters. The molecule has 1 unspecified atom stereocenters. The van der Waals surface area contributed by atoms with Gasteiger partial charge in [-0.05, 0) is 33.2 Å². The molecule has 1 fully saturated rings. The first-order valence-corrected chi connectivity index (χ1v) is 6.38. The second-order valence-corrected chi connectivity index (χ2v) is 4.84. The quantitative estimate of drug-likeness (QED) is 0.878. The predicted molar refractivity (Wildman–Crippen MR) is 70.0 cm³/mol. The Morgan fingerprint density at radius 3 is 2.94 bits per heavy atom. The molecule has 2 rings (SSSR count). The van der Waals surface area contributed by atoms with Crippen LogP contribution in [0.4, 0.5) is 0 Å². The zero-order valence-electron chi connectivity index (χ0n) is 11.2. The first-order valence-electron chi connectivity index (χ1n) is 6.38. The van der Waals surface area contributed by atoms with E-state index in [0.29, 0.717) is 6.42 Å². The van der Waals surface area contributed by atoms with E-state index in [4.69, 9.17) is 4.74 Å². The first-order chi connectivity index (χ1) is 8.63. The van der Waals surface area contributed by atoms with Crippen molar-refractivity contribution in [2.45, 2.75) is 39.2 Å². The van der Waals surface area contributed by atoms with E-state index in [1.807, 2.05) is 13.8 Å². The van der Waals surface area contributed by atoms with Crippen molar-refractivity contribution in [2.75, 3.05) is 13.7 Å². The molecule has 0 amide bonds. The van der Waals surface area contributed by atoms with Gasteiger partial charge in [0.1, 0.15) is 5.75 Å². The molecule has 1 saturated heterocycles. The number of ether oxygens (including phenoxy) is 1. The molecule has 1 aromatic rings. The first kappa shape index (κ1) is 13.0. The summed E-state index contributed by atoms with van der Waals surface area (Å²) in [7, 11) is 1.65. The molecule has 2 heterocycles. The van der Waals surface area contributed by atoms with Gasteiger partial charge in [0.15, 0.2) is 5.78 Å². The Morgan fingerprint density at radius 1 is 1.56 bits per heavy atom. The van der Waals surface area contributed by atoms with E-state index in [1.165, 1.54) is 0 Å². The number of pyridine rings is 1. The number of rotatable bonds is 4. The van der Waals surface area contributed by atoms with Crippen LogP contribution in [0.5, 0.6) is 5.75 Å². The molecule has 18 heavy (non-hydrogen) atoms. The number of carbonyl (C=O) groups is 1. The molecule has 0 saturated carbocycles. The van der Waals surface area contributed by atoms with Gasteiger partial charge >= 0.3 is 0 Å². The van der Waals surface area contributed by atoms with Crippen molar-refractivity contribution in [3.63, 3.8) is 0 Å². The highest BCUT2D eigenvalue weighted by Crippen LogP contribution is 2.24. The molecule has 98 valence electrons. The Balaban J connectivity index is 2.16. The number of aryl methyl sites for hydroxylation is 1. The van der Waals surface area contributed by atoms with Crippen molar-refractivity contribution in [3.8, 4) is 5.75 Å². The highest BCUT2D eigenvalue weighted by molar-refractivity contribution is 5.86. The van der Waals surface area contributed by atoms with Crippen LogP contribution < -0.4 is 10.1 Å². The van der Waals surface area contributed by atoms with Crippen LogP contribution in [0.15, 0.2) is 6.20 Å². The largest absolute Gasteiger partial charge is 0.496 e. The lowest BCUT2D eigenvalue weighted by Gasteiger charge is -2.13. The van der Waals surface area contributed by atoms with Crippen LogP contribution in [0.1, 0.15) is 29.7 Å². The van der Waals surface area contributed by atoms with Gasteiger partial charge < -0.3 is 10.1 Å². The van der Waals surface area contributed by atoms with Crippen LogP contribution >= 0.6 is 0 Å². The zero-order valence-corrected chi connectivity index (χ0v) is 11.2. The van der Waals surface area contributed by atoms with Gasteiger partial charge in [0.2, 0.25) is 0 Å². The minimum atomic E-state index is 0.0125. The van der Waals surface area contributed by atoms with Crippen molar-refractivity contribution in [2.24, 2.45) is 0 Å². The monoisotopic (exact) mass is 248 g/mol. The number of methoxy groups -OCH3 is 1. The summed E-state index contributed by atoms with van der Waals surface area (Å²) >= 11 is 0. The lowest BCUT2D eigenvalue weighted by molar-refractivity contribution is -0.120. The predicted octanol–water partition coefficient (Wildman–Crippen LogP) is 1.57. The number of hydrogen-bond acceptors (Lipinski definition) is 4. The molecule has 0 aromatic carbocycles. The normalized spacial score (nSPS) is 18.9. The van der Waals surface area contributed by atoms with Crippen molar-refractivity contribution in [1.29, 1.82) is 0 Å². The summed E-state index contributed by atoms with van der Waals surface area (Å²) in [6, 6.07) is 0.0125. The third-order valence-electron chi connectivity index (χ3n) is 3.54. The van der Waals surface area contributed by atoms with E-state index in [2.05, 4.69) is 10.3 Å². The summed E-state index contributed by atoms with van der Waals surface area (Å²) in [6.45, 7) is 4.87. The van der Waals surface area contributed by atoms with E-state index >= 15 is 0 Å². The molecule has 0 aliphatic carbocycles. The maximum absolute atomic E-state index is 12.1. The molecule has 0 spiro atoms. The third kappa shape index (κ3) is 2.53. The van der Waals surface area contributed by atoms with Crippen molar-refractivity contribution in [1.82, 2.24) is 10.3 Å². The van der Waals surface area contributed by atoms with E-state index in [-0.39, 0.29) is 11.8 Å². The Kier molecular flexibility index (Phi) is 3.97. The highest BCUT2D eigenvalue weighted by atomic mass is 16.5. The number of aromatic nitrogens is 1. The minimum absolute atomic E-state index is 0.0125. The van der Waals surface area contributed by atoms with Crippen molar-refractivity contribution >= 4 is 5.78 Å². The Labute approximate surface area is 108 Å². The smallest absolute Gasteiger partial charge is 0.155 e. The van der Waals surface area contributed by atoms with Gasteiger partial charge in [-0.2, -0.15) is 0 Å².